The highest BCUT2D eigenvalue weighted by Gasteiger charge is 2.32. The number of rotatable bonds is 4. The zero-order valence-corrected chi connectivity index (χ0v) is 25.5. The van der Waals surface area contributed by atoms with Crippen LogP contribution < -0.4 is 0 Å². The fourth-order valence-corrected chi connectivity index (χ4v) is 6.78. The van der Waals surface area contributed by atoms with Crippen LogP contribution in [0.4, 0.5) is 4.79 Å². The number of nitrogens with one attached hydrogen (secondary N) is 1. The lowest BCUT2D eigenvalue weighted by Gasteiger charge is -2.34. The third-order valence-corrected chi connectivity index (χ3v) is 9.41. The summed E-state index contributed by atoms with van der Waals surface area (Å²) in [6, 6.07) is 10.0. The number of nitriles is 1. The van der Waals surface area contributed by atoms with Crippen molar-refractivity contribution in [2.24, 2.45) is 7.05 Å². The van der Waals surface area contributed by atoms with E-state index < -0.39 is 0 Å². The van der Waals surface area contributed by atoms with Crippen molar-refractivity contribution >= 4 is 39.4 Å². The highest BCUT2D eigenvalue weighted by Crippen LogP contribution is 2.45. The standard InChI is InChI=1S/C31H30ClN11O/c1-17-11-25-24(16-34-37-25)28(29(17)32)27-18(2)42(39-30(27)19-5-10-26-20(12-19)14-35-41(26)4)23-8-6-22(7-9-23)40(3)31(44)43-36-15-21(13-33)38-43/h5,10-12,14-16,22-23H,6-9H2,1-4H3,(H,34,37). The number of nitrogens with zero attached hydrogens (tertiary/aromatic N) is 10. The first-order chi connectivity index (χ1) is 21.2. The molecule has 0 saturated heterocycles. The summed E-state index contributed by atoms with van der Waals surface area (Å²) >= 11 is 7.07. The lowest BCUT2D eigenvalue weighted by atomic mass is 9.90. The molecule has 7 rings (SSSR count). The first-order valence-corrected chi connectivity index (χ1v) is 14.9. The summed E-state index contributed by atoms with van der Waals surface area (Å²) in [7, 11) is 3.70. The maximum absolute atomic E-state index is 13.0. The Kier molecular flexibility index (Phi) is 6.70. The van der Waals surface area contributed by atoms with Crippen molar-refractivity contribution in [2.75, 3.05) is 7.05 Å². The molecule has 0 spiro atoms. The zero-order valence-electron chi connectivity index (χ0n) is 24.8. The molecule has 6 aromatic rings. The lowest BCUT2D eigenvalue weighted by Crippen LogP contribution is -2.42. The van der Waals surface area contributed by atoms with E-state index in [2.05, 4.69) is 55.3 Å². The molecule has 12 nitrogen and oxygen atoms in total. The van der Waals surface area contributed by atoms with Crippen molar-refractivity contribution < 1.29 is 4.79 Å². The van der Waals surface area contributed by atoms with Gasteiger partial charge in [0.25, 0.3) is 0 Å². The van der Waals surface area contributed by atoms with Gasteiger partial charge in [-0.15, -0.1) is 5.10 Å². The fourth-order valence-electron chi connectivity index (χ4n) is 6.53. The van der Waals surface area contributed by atoms with Crippen LogP contribution in [0, 0.1) is 25.2 Å². The summed E-state index contributed by atoms with van der Waals surface area (Å²) < 4.78 is 4.01. The topological polar surface area (TPSA) is 139 Å². The van der Waals surface area contributed by atoms with Gasteiger partial charge in [0.1, 0.15) is 11.8 Å². The molecule has 0 aliphatic heterocycles. The highest BCUT2D eigenvalue weighted by molar-refractivity contribution is 6.36. The summed E-state index contributed by atoms with van der Waals surface area (Å²) in [5.74, 6) is 0. The number of carbonyl (C=O) groups excluding carboxylic acids is 1. The van der Waals surface area contributed by atoms with Gasteiger partial charge in [0.2, 0.25) is 0 Å². The normalized spacial score (nSPS) is 16.9. The van der Waals surface area contributed by atoms with E-state index in [0.717, 1.165) is 85.9 Å². The summed E-state index contributed by atoms with van der Waals surface area (Å²) in [6.45, 7) is 4.11. The van der Waals surface area contributed by atoms with Crippen LogP contribution in [0.25, 0.3) is 44.2 Å². The van der Waals surface area contributed by atoms with Gasteiger partial charge in [-0.2, -0.15) is 25.7 Å². The minimum atomic E-state index is -0.348. The summed E-state index contributed by atoms with van der Waals surface area (Å²) in [4.78, 5) is 15.7. The van der Waals surface area contributed by atoms with Crippen LogP contribution in [0.15, 0.2) is 42.9 Å². The summed E-state index contributed by atoms with van der Waals surface area (Å²) in [5.41, 5.74) is 7.81. The van der Waals surface area contributed by atoms with Crippen LogP contribution in [0.3, 0.4) is 0 Å². The van der Waals surface area contributed by atoms with Crippen LogP contribution >= 0.6 is 11.6 Å². The van der Waals surface area contributed by atoms with Gasteiger partial charge in [0, 0.05) is 53.3 Å². The molecule has 44 heavy (non-hydrogen) atoms. The van der Waals surface area contributed by atoms with Crippen LogP contribution in [-0.2, 0) is 7.05 Å². The minimum Gasteiger partial charge on any atom is -0.322 e. The average molecular weight is 608 g/mol. The molecule has 4 heterocycles. The molecule has 0 unspecified atom stereocenters. The molecule has 222 valence electrons. The van der Waals surface area contributed by atoms with E-state index in [9.17, 15) is 4.79 Å². The van der Waals surface area contributed by atoms with E-state index >= 15 is 0 Å². The van der Waals surface area contributed by atoms with E-state index in [4.69, 9.17) is 22.0 Å². The molecule has 1 aliphatic carbocycles. The fraction of sp³-hybridized carbons (Fsp3) is 0.323. The Hall–Kier alpha value is -5.02. The SMILES string of the molecule is Cc1cc2[nH]ncc2c(-c2c(-c3ccc4c(cnn4C)c3)nn(C3CCC(N(C)C(=O)n4ncc(C#N)n4)CC3)c2C)c1Cl. The summed E-state index contributed by atoms with van der Waals surface area (Å²) in [6.07, 6.45) is 8.25. The van der Waals surface area contributed by atoms with Gasteiger partial charge in [0.15, 0.2) is 5.69 Å². The van der Waals surface area contributed by atoms with Crippen molar-refractivity contribution in [3.05, 3.63) is 64.8 Å². The van der Waals surface area contributed by atoms with E-state index in [-0.39, 0.29) is 23.8 Å². The maximum Gasteiger partial charge on any atom is 0.362 e. The van der Waals surface area contributed by atoms with Crippen LogP contribution in [-0.4, -0.2) is 68.8 Å². The van der Waals surface area contributed by atoms with Gasteiger partial charge in [-0.25, -0.2) is 4.79 Å². The lowest BCUT2D eigenvalue weighted by molar-refractivity contribution is 0.155. The predicted octanol–water partition coefficient (Wildman–Crippen LogP) is 5.80. The Morgan fingerprint density at radius 1 is 1.07 bits per heavy atom. The third-order valence-electron chi connectivity index (χ3n) is 8.92. The maximum atomic E-state index is 13.0. The number of aromatic nitrogens is 9. The monoisotopic (exact) mass is 607 g/mol. The molecule has 0 bridgehead atoms. The van der Waals surface area contributed by atoms with Crippen molar-refractivity contribution in [1.82, 2.24) is 49.7 Å². The Balaban J connectivity index is 1.27. The number of carbonyl (C=O) groups is 1. The molecule has 1 fully saturated rings. The molecule has 4 aromatic heterocycles. The first-order valence-electron chi connectivity index (χ1n) is 14.5. The van der Waals surface area contributed by atoms with E-state index in [0.29, 0.717) is 5.02 Å². The largest absolute Gasteiger partial charge is 0.362 e. The molecule has 13 heteroatoms. The molecule has 1 saturated carbocycles. The van der Waals surface area contributed by atoms with E-state index in [1.54, 1.807) is 11.9 Å². The van der Waals surface area contributed by atoms with Gasteiger partial charge in [-0.3, -0.25) is 14.5 Å². The highest BCUT2D eigenvalue weighted by atomic mass is 35.5. The molecule has 0 atom stereocenters. The Labute approximate surface area is 257 Å². The third kappa shape index (κ3) is 4.43. The Morgan fingerprint density at radius 3 is 2.61 bits per heavy atom. The zero-order chi connectivity index (χ0) is 30.7. The molecule has 1 N–H and O–H groups in total. The summed E-state index contributed by atoms with van der Waals surface area (Å²) in [5, 5.41) is 36.8. The van der Waals surface area contributed by atoms with Crippen molar-refractivity contribution in [1.29, 1.82) is 5.26 Å². The number of hydrogen-bond acceptors (Lipinski definition) is 7. The minimum absolute atomic E-state index is 0.0230. The predicted molar refractivity (Wildman–Crippen MR) is 166 cm³/mol. The van der Waals surface area contributed by atoms with Crippen LogP contribution in [0.1, 0.15) is 48.7 Å². The number of aromatic amines is 1. The van der Waals surface area contributed by atoms with Gasteiger partial charge in [-0.1, -0.05) is 22.5 Å². The van der Waals surface area contributed by atoms with Gasteiger partial charge >= 0.3 is 6.03 Å². The molecule has 0 radical (unpaired) electrons. The molecular weight excluding hydrogens is 578 g/mol. The number of fused-ring (bicyclic) bond motifs is 2. The molecule has 1 aliphatic rings. The number of benzene rings is 2. The smallest absolute Gasteiger partial charge is 0.322 e. The van der Waals surface area contributed by atoms with Gasteiger partial charge < -0.3 is 4.90 Å². The van der Waals surface area contributed by atoms with Crippen molar-refractivity contribution in [3.63, 3.8) is 0 Å². The molecule has 2 aromatic carbocycles. The van der Waals surface area contributed by atoms with Crippen LogP contribution in [0.5, 0.6) is 0 Å². The van der Waals surface area contributed by atoms with Gasteiger partial charge in [0.05, 0.1) is 40.7 Å². The Morgan fingerprint density at radius 2 is 1.86 bits per heavy atom. The number of halogens is 1. The quantitative estimate of drug-likeness (QED) is 0.267. The average Bonchev–Trinajstić information content (AvgIpc) is 3.84. The van der Waals surface area contributed by atoms with Crippen molar-refractivity contribution in [3.8, 4) is 28.5 Å². The second-order valence-corrected chi connectivity index (χ2v) is 11.9. The van der Waals surface area contributed by atoms with Crippen LogP contribution in [0.2, 0.25) is 5.02 Å². The second kappa shape index (κ2) is 10.6. The molecule has 1 amide bonds. The first kappa shape index (κ1) is 27.8. The van der Waals surface area contributed by atoms with Crippen molar-refractivity contribution in [2.45, 2.75) is 51.6 Å². The number of aryl methyl sites for hydroxylation is 2. The van der Waals surface area contributed by atoms with Gasteiger partial charge in [-0.05, 0) is 63.3 Å². The Bertz CT molecular complexity index is 2100. The number of H-pyrrole nitrogens is 1. The van der Waals surface area contributed by atoms with E-state index in [1.165, 1.54) is 6.20 Å². The number of amides is 1. The number of hydrogen-bond donors (Lipinski definition) is 1. The molecular formula is C31H30ClN11O. The van der Waals surface area contributed by atoms with E-state index in [1.807, 2.05) is 43.2 Å². The second-order valence-electron chi connectivity index (χ2n) is 11.5.